The van der Waals surface area contributed by atoms with Crippen molar-refractivity contribution in [3.8, 4) is 17.2 Å². The van der Waals surface area contributed by atoms with Gasteiger partial charge < -0.3 is 24.8 Å². The van der Waals surface area contributed by atoms with Crippen LogP contribution in [0.15, 0.2) is 65.0 Å². The van der Waals surface area contributed by atoms with Crippen molar-refractivity contribution in [3.05, 3.63) is 65.4 Å². The first kappa shape index (κ1) is 26.0. The number of thioether (sulfide) groups is 1. The zero-order valence-electron chi connectivity index (χ0n) is 20.8. The fourth-order valence-electron chi connectivity index (χ4n) is 3.85. The van der Waals surface area contributed by atoms with Gasteiger partial charge in [-0.05, 0) is 61.5 Å². The molecule has 0 bridgehead atoms. The van der Waals surface area contributed by atoms with Gasteiger partial charge >= 0.3 is 12.0 Å². The Labute approximate surface area is 218 Å². The van der Waals surface area contributed by atoms with Gasteiger partial charge in [-0.1, -0.05) is 30.0 Å². The van der Waals surface area contributed by atoms with Gasteiger partial charge in [0.05, 0.1) is 37.1 Å². The summed E-state index contributed by atoms with van der Waals surface area (Å²) in [7, 11) is 0. The Morgan fingerprint density at radius 3 is 2.57 bits per heavy atom. The predicted octanol–water partition coefficient (Wildman–Crippen LogP) is 3.42. The maximum absolute atomic E-state index is 13.2. The summed E-state index contributed by atoms with van der Waals surface area (Å²) >= 11 is 1.28. The van der Waals surface area contributed by atoms with Crippen molar-refractivity contribution >= 4 is 23.8 Å². The van der Waals surface area contributed by atoms with Crippen LogP contribution in [-0.2, 0) is 9.53 Å². The summed E-state index contributed by atoms with van der Waals surface area (Å²) in [6.07, 6.45) is 0. The molecule has 4 rings (SSSR count). The highest BCUT2D eigenvalue weighted by Crippen LogP contribution is 2.37. The van der Waals surface area contributed by atoms with E-state index < -0.39 is 18.0 Å². The number of para-hydroxylation sites is 1. The van der Waals surface area contributed by atoms with E-state index in [1.54, 1.807) is 29.8 Å². The van der Waals surface area contributed by atoms with Crippen LogP contribution in [0.1, 0.15) is 32.4 Å². The number of urea groups is 1. The molecule has 1 atom stereocenters. The molecule has 0 radical (unpaired) electrons. The number of carbonyl (C=O) groups excluding carboxylic acids is 2. The third-order valence-corrected chi connectivity index (χ3v) is 6.29. The normalized spacial score (nSPS) is 15.1. The Balaban J connectivity index is 1.74. The zero-order valence-corrected chi connectivity index (χ0v) is 21.6. The molecule has 1 aromatic heterocycles. The second kappa shape index (κ2) is 12.3. The van der Waals surface area contributed by atoms with E-state index in [1.165, 1.54) is 11.8 Å². The first-order valence-corrected chi connectivity index (χ1v) is 12.9. The number of nitrogens with one attached hydrogen (secondary N) is 2. The molecule has 37 heavy (non-hydrogen) atoms. The number of rotatable bonds is 11. The lowest BCUT2D eigenvalue weighted by atomic mass is 9.94. The van der Waals surface area contributed by atoms with Crippen molar-refractivity contribution in [1.29, 1.82) is 0 Å². The van der Waals surface area contributed by atoms with Gasteiger partial charge in [0.25, 0.3) is 0 Å². The molecule has 0 aliphatic carbocycles. The minimum atomic E-state index is -0.824. The molecule has 0 saturated carbocycles. The molecule has 1 aliphatic heterocycles. The van der Waals surface area contributed by atoms with E-state index in [-0.39, 0.29) is 17.9 Å². The average Bonchev–Trinajstić information content (AvgIpc) is 3.37. The number of ether oxygens (including phenoxy) is 3. The van der Waals surface area contributed by atoms with Crippen LogP contribution in [0.4, 0.5) is 4.79 Å². The van der Waals surface area contributed by atoms with Gasteiger partial charge in [-0.15, -0.1) is 5.10 Å². The van der Waals surface area contributed by atoms with Crippen LogP contribution in [0.25, 0.3) is 5.69 Å². The molecule has 2 amide bonds. The van der Waals surface area contributed by atoms with Gasteiger partial charge in [-0.2, -0.15) is 4.68 Å². The van der Waals surface area contributed by atoms with Crippen molar-refractivity contribution in [3.63, 3.8) is 0 Å². The Morgan fingerprint density at radius 1 is 1.05 bits per heavy atom. The summed E-state index contributed by atoms with van der Waals surface area (Å²) in [5, 5.41) is 18.1. The highest BCUT2D eigenvalue weighted by molar-refractivity contribution is 7.99. The molecular weight excluding hydrogens is 496 g/mol. The van der Waals surface area contributed by atoms with Crippen LogP contribution in [-0.4, -0.2) is 57.8 Å². The average molecular weight is 525 g/mol. The van der Waals surface area contributed by atoms with Gasteiger partial charge in [0, 0.05) is 17.0 Å². The Hall–Kier alpha value is -4.06. The maximum Gasteiger partial charge on any atom is 0.338 e. The van der Waals surface area contributed by atoms with Crippen LogP contribution in [0.3, 0.4) is 0 Å². The van der Waals surface area contributed by atoms with Crippen molar-refractivity contribution in [2.24, 2.45) is 0 Å². The van der Waals surface area contributed by atoms with Crippen LogP contribution in [0.2, 0.25) is 0 Å². The number of esters is 1. The number of benzene rings is 2. The first-order chi connectivity index (χ1) is 18.0. The number of amides is 2. The van der Waals surface area contributed by atoms with Crippen molar-refractivity contribution in [2.45, 2.75) is 32.0 Å². The monoisotopic (exact) mass is 524 g/mol. The van der Waals surface area contributed by atoms with E-state index in [9.17, 15) is 9.59 Å². The van der Waals surface area contributed by atoms with Crippen LogP contribution in [0.5, 0.6) is 11.5 Å². The second-order valence-corrected chi connectivity index (χ2v) is 8.65. The first-order valence-electron chi connectivity index (χ1n) is 11.9. The summed E-state index contributed by atoms with van der Waals surface area (Å²) in [5.74, 6) is 0.776. The molecule has 0 saturated heterocycles. The molecule has 1 aliphatic rings. The molecule has 194 valence electrons. The third-order valence-electron chi connectivity index (χ3n) is 5.34. The molecule has 0 fully saturated rings. The quantitative estimate of drug-likeness (QED) is 0.286. The van der Waals surface area contributed by atoms with Gasteiger partial charge in [0.15, 0.2) is 0 Å². The Morgan fingerprint density at radius 2 is 1.84 bits per heavy atom. The SMILES string of the molecule is CCOC(=O)C1=C(CSc2nnnn2-c2ccccc2)NC(=O)N[C@@H]1c1cc(OCC)ccc1OCC. The number of tetrazole rings is 1. The number of aromatic nitrogens is 4. The predicted molar refractivity (Wildman–Crippen MR) is 137 cm³/mol. The van der Waals surface area contributed by atoms with E-state index in [2.05, 4.69) is 26.2 Å². The molecule has 2 heterocycles. The second-order valence-electron chi connectivity index (χ2n) is 7.71. The summed E-state index contributed by atoms with van der Waals surface area (Å²) in [5.41, 5.74) is 2.03. The Kier molecular flexibility index (Phi) is 8.62. The lowest BCUT2D eigenvalue weighted by molar-refractivity contribution is -0.139. The molecule has 0 spiro atoms. The van der Waals surface area contributed by atoms with Crippen LogP contribution < -0.4 is 20.1 Å². The van der Waals surface area contributed by atoms with Crippen LogP contribution in [0, 0.1) is 0 Å². The Bertz CT molecular complexity index is 1280. The standard InChI is InChI=1S/C25H28N6O5S/c1-4-34-17-12-13-20(35-5-2)18(14-17)22-21(23(32)36-6-3)19(26-24(33)27-22)15-37-25-28-29-30-31(25)16-10-8-7-9-11-16/h7-14,22H,4-6,15H2,1-3H3,(H2,26,27,33)/t22-/m1/s1. The molecule has 12 heteroatoms. The number of carbonyl (C=O) groups is 2. The van der Waals surface area contributed by atoms with Crippen molar-refractivity contribution in [1.82, 2.24) is 30.8 Å². The largest absolute Gasteiger partial charge is 0.494 e. The topological polar surface area (TPSA) is 129 Å². The van der Waals surface area contributed by atoms with E-state index in [4.69, 9.17) is 14.2 Å². The van der Waals surface area contributed by atoms with E-state index in [1.807, 2.05) is 44.2 Å². The minimum absolute atomic E-state index is 0.174. The van der Waals surface area contributed by atoms with Gasteiger partial charge in [-0.3, -0.25) is 0 Å². The molecular formula is C25H28N6O5S. The smallest absolute Gasteiger partial charge is 0.338 e. The molecule has 3 aromatic rings. The van der Waals surface area contributed by atoms with E-state index >= 15 is 0 Å². The maximum atomic E-state index is 13.2. The number of hydrogen-bond acceptors (Lipinski definition) is 9. The molecule has 0 unspecified atom stereocenters. The fourth-order valence-corrected chi connectivity index (χ4v) is 4.71. The van der Waals surface area contributed by atoms with E-state index in [0.717, 1.165) is 5.69 Å². The highest BCUT2D eigenvalue weighted by atomic mass is 32.2. The highest BCUT2D eigenvalue weighted by Gasteiger charge is 2.36. The van der Waals surface area contributed by atoms with E-state index in [0.29, 0.717) is 41.1 Å². The summed E-state index contributed by atoms with van der Waals surface area (Å²) in [6.45, 7) is 6.51. The van der Waals surface area contributed by atoms with Gasteiger partial charge in [0.1, 0.15) is 11.5 Å². The molecule has 11 nitrogen and oxygen atoms in total. The number of hydrogen-bond donors (Lipinski definition) is 2. The lowest BCUT2D eigenvalue weighted by Crippen LogP contribution is -2.46. The van der Waals surface area contributed by atoms with Gasteiger partial charge in [0.2, 0.25) is 5.16 Å². The van der Waals surface area contributed by atoms with Crippen LogP contribution >= 0.6 is 11.8 Å². The molecule has 2 N–H and O–H groups in total. The number of nitrogens with zero attached hydrogens (tertiary/aromatic N) is 4. The summed E-state index contributed by atoms with van der Waals surface area (Å²) < 4.78 is 18.5. The van der Waals surface area contributed by atoms with Gasteiger partial charge in [-0.25, -0.2) is 9.59 Å². The van der Waals surface area contributed by atoms with Crippen molar-refractivity contribution < 1.29 is 23.8 Å². The zero-order chi connectivity index (χ0) is 26.2. The van der Waals surface area contributed by atoms with Crippen molar-refractivity contribution in [2.75, 3.05) is 25.6 Å². The summed E-state index contributed by atoms with van der Waals surface area (Å²) in [6, 6.07) is 13.5. The lowest BCUT2D eigenvalue weighted by Gasteiger charge is -2.30. The third kappa shape index (κ3) is 6.02. The molecule has 2 aromatic carbocycles. The fraction of sp³-hybridized carbons (Fsp3) is 0.320. The summed E-state index contributed by atoms with van der Waals surface area (Å²) in [4.78, 5) is 26.0. The minimum Gasteiger partial charge on any atom is -0.494 e.